The van der Waals surface area contributed by atoms with Crippen LogP contribution >= 0.6 is 35.6 Å². The minimum atomic E-state index is 0. The molecule has 8 heteroatoms. The third-order valence-corrected chi connectivity index (χ3v) is 5.45. The van der Waals surface area contributed by atoms with E-state index >= 15 is 0 Å². The number of anilines is 1. The first-order valence-electron chi connectivity index (χ1n) is 9.92. The van der Waals surface area contributed by atoms with E-state index in [2.05, 4.69) is 38.4 Å². The van der Waals surface area contributed by atoms with Gasteiger partial charge in [-0.2, -0.15) is 0 Å². The van der Waals surface area contributed by atoms with Crippen molar-refractivity contribution in [2.45, 2.75) is 19.4 Å². The van der Waals surface area contributed by atoms with Crippen molar-refractivity contribution in [3.8, 4) is 0 Å². The molecule has 2 aliphatic rings. The third-order valence-electron chi connectivity index (χ3n) is 5.22. The molecule has 2 N–H and O–H groups in total. The number of hydrogen-bond donors (Lipinski definition) is 2. The molecule has 6 nitrogen and oxygen atoms in total. The van der Waals surface area contributed by atoms with Gasteiger partial charge in [0.25, 0.3) is 0 Å². The van der Waals surface area contributed by atoms with E-state index in [1.54, 1.807) is 0 Å². The highest BCUT2D eigenvalue weighted by Crippen LogP contribution is 2.23. The summed E-state index contributed by atoms with van der Waals surface area (Å²) in [6, 6.07) is 8.47. The van der Waals surface area contributed by atoms with E-state index in [0.29, 0.717) is 12.0 Å². The Morgan fingerprint density at radius 3 is 2.82 bits per heavy atom. The number of nitrogens with zero attached hydrogens (tertiary/aromatic N) is 3. The number of nitrogens with one attached hydrogen (secondary N) is 2. The second kappa shape index (κ2) is 12.0. The normalized spacial score (nSPS) is 21.9. The maximum atomic E-state index is 6.13. The van der Waals surface area contributed by atoms with Crippen LogP contribution in [-0.2, 0) is 4.74 Å². The van der Waals surface area contributed by atoms with Crippen molar-refractivity contribution < 1.29 is 4.74 Å². The molecule has 28 heavy (non-hydrogen) atoms. The molecule has 0 aromatic heterocycles. The third kappa shape index (κ3) is 7.24. The number of hydrogen-bond acceptors (Lipinski definition) is 4. The SMILES string of the molecule is CN=C(NCC(C)CN1CCOCC1)NC1CCN(c2cccc(Cl)c2)C1.I. The summed E-state index contributed by atoms with van der Waals surface area (Å²) in [5, 5.41) is 7.85. The van der Waals surface area contributed by atoms with Crippen LogP contribution < -0.4 is 15.5 Å². The predicted octanol–water partition coefficient (Wildman–Crippen LogP) is 2.67. The molecule has 2 heterocycles. The van der Waals surface area contributed by atoms with Crippen molar-refractivity contribution in [1.29, 1.82) is 0 Å². The molecule has 3 rings (SSSR count). The number of aliphatic imine (C=N–C) groups is 1. The zero-order chi connectivity index (χ0) is 19.1. The number of halogens is 2. The van der Waals surface area contributed by atoms with Crippen LogP contribution in [0.25, 0.3) is 0 Å². The Bertz CT molecular complexity index is 626. The summed E-state index contributed by atoms with van der Waals surface area (Å²) in [7, 11) is 1.84. The minimum absolute atomic E-state index is 0. The number of guanidine groups is 1. The summed E-state index contributed by atoms with van der Waals surface area (Å²) in [5.74, 6) is 1.45. The highest BCUT2D eigenvalue weighted by molar-refractivity contribution is 14.0. The van der Waals surface area contributed by atoms with Gasteiger partial charge in [-0.05, 0) is 30.5 Å². The molecule has 1 aromatic carbocycles. The average Bonchev–Trinajstić information content (AvgIpc) is 3.14. The summed E-state index contributed by atoms with van der Waals surface area (Å²) in [6.07, 6.45) is 1.09. The molecular weight excluding hydrogens is 489 g/mol. The Morgan fingerprint density at radius 1 is 1.32 bits per heavy atom. The zero-order valence-electron chi connectivity index (χ0n) is 16.9. The second-order valence-corrected chi connectivity index (χ2v) is 7.96. The molecular formula is C20H33ClIN5O. The molecule has 2 aliphatic heterocycles. The van der Waals surface area contributed by atoms with Crippen LogP contribution in [0.3, 0.4) is 0 Å². The fourth-order valence-electron chi connectivity index (χ4n) is 3.73. The van der Waals surface area contributed by atoms with Gasteiger partial charge in [0.15, 0.2) is 5.96 Å². The Kier molecular flexibility index (Phi) is 10.1. The Morgan fingerprint density at radius 2 is 2.11 bits per heavy atom. The molecule has 2 saturated heterocycles. The number of rotatable bonds is 6. The zero-order valence-corrected chi connectivity index (χ0v) is 20.0. The Balaban J connectivity index is 0.00000280. The lowest BCUT2D eigenvalue weighted by molar-refractivity contribution is 0.0320. The molecule has 0 bridgehead atoms. The van der Waals surface area contributed by atoms with Crippen molar-refractivity contribution in [2.75, 3.05) is 64.4 Å². The van der Waals surface area contributed by atoms with Crippen LogP contribution in [0.2, 0.25) is 5.02 Å². The summed E-state index contributed by atoms with van der Waals surface area (Å²) >= 11 is 6.13. The van der Waals surface area contributed by atoms with Crippen molar-refractivity contribution in [3.63, 3.8) is 0 Å². The van der Waals surface area contributed by atoms with Gasteiger partial charge in [0.05, 0.1) is 13.2 Å². The molecule has 158 valence electrons. The largest absolute Gasteiger partial charge is 0.379 e. The monoisotopic (exact) mass is 521 g/mol. The van der Waals surface area contributed by atoms with E-state index in [0.717, 1.165) is 69.9 Å². The van der Waals surface area contributed by atoms with Gasteiger partial charge in [-0.25, -0.2) is 0 Å². The maximum Gasteiger partial charge on any atom is 0.191 e. The van der Waals surface area contributed by atoms with Gasteiger partial charge in [0.1, 0.15) is 0 Å². The standard InChI is InChI=1S/C20H32ClN5O.HI/c1-16(14-25-8-10-27-11-9-25)13-23-20(22-2)24-18-6-7-26(15-18)19-5-3-4-17(21)12-19;/h3-5,12,16,18H,6-11,13-15H2,1-2H3,(H2,22,23,24);1H. The van der Waals surface area contributed by atoms with E-state index in [4.69, 9.17) is 16.3 Å². The van der Waals surface area contributed by atoms with Gasteiger partial charge in [0.2, 0.25) is 0 Å². The van der Waals surface area contributed by atoms with Crippen LogP contribution in [0.1, 0.15) is 13.3 Å². The predicted molar refractivity (Wildman–Crippen MR) is 128 cm³/mol. The van der Waals surface area contributed by atoms with Crippen LogP contribution in [0.5, 0.6) is 0 Å². The van der Waals surface area contributed by atoms with Crippen molar-refractivity contribution in [1.82, 2.24) is 15.5 Å². The lowest BCUT2D eigenvalue weighted by Crippen LogP contribution is -2.47. The van der Waals surface area contributed by atoms with Crippen LogP contribution in [0.4, 0.5) is 5.69 Å². The van der Waals surface area contributed by atoms with Crippen molar-refractivity contribution in [2.24, 2.45) is 10.9 Å². The van der Waals surface area contributed by atoms with Gasteiger partial charge in [-0.1, -0.05) is 24.6 Å². The van der Waals surface area contributed by atoms with E-state index in [-0.39, 0.29) is 24.0 Å². The van der Waals surface area contributed by atoms with Gasteiger partial charge in [0, 0.05) is 63.1 Å². The fraction of sp³-hybridized carbons (Fsp3) is 0.650. The molecule has 2 atom stereocenters. The van der Waals surface area contributed by atoms with Gasteiger partial charge >= 0.3 is 0 Å². The molecule has 0 radical (unpaired) electrons. The Labute approximate surface area is 191 Å². The molecule has 0 aliphatic carbocycles. The van der Waals surface area contributed by atoms with E-state index in [1.807, 2.05) is 25.2 Å². The first-order chi connectivity index (χ1) is 13.1. The molecule has 2 unspecified atom stereocenters. The van der Waals surface area contributed by atoms with Crippen LogP contribution in [-0.4, -0.2) is 76.4 Å². The summed E-state index contributed by atoms with van der Waals surface area (Å²) in [5.41, 5.74) is 1.19. The number of benzene rings is 1. The van der Waals surface area contributed by atoms with E-state index < -0.39 is 0 Å². The molecule has 2 fully saturated rings. The highest BCUT2D eigenvalue weighted by atomic mass is 127. The summed E-state index contributed by atoms with van der Waals surface area (Å²) < 4.78 is 5.42. The second-order valence-electron chi connectivity index (χ2n) is 7.53. The lowest BCUT2D eigenvalue weighted by atomic mass is 10.1. The number of morpholine rings is 1. The van der Waals surface area contributed by atoms with Gasteiger partial charge in [-0.15, -0.1) is 24.0 Å². The van der Waals surface area contributed by atoms with Crippen molar-refractivity contribution in [3.05, 3.63) is 29.3 Å². The van der Waals surface area contributed by atoms with Crippen LogP contribution in [0, 0.1) is 5.92 Å². The Hall–Kier alpha value is -0.770. The fourth-order valence-corrected chi connectivity index (χ4v) is 3.92. The average molecular weight is 522 g/mol. The first-order valence-corrected chi connectivity index (χ1v) is 10.3. The van der Waals surface area contributed by atoms with Crippen molar-refractivity contribution >= 4 is 47.2 Å². The molecule has 1 aromatic rings. The smallest absolute Gasteiger partial charge is 0.191 e. The first kappa shape index (κ1) is 23.5. The van der Waals surface area contributed by atoms with E-state index in [1.165, 1.54) is 5.69 Å². The summed E-state index contributed by atoms with van der Waals surface area (Å²) in [6.45, 7) is 10.1. The van der Waals surface area contributed by atoms with Gasteiger partial charge < -0.3 is 20.3 Å². The maximum absolute atomic E-state index is 6.13. The molecule has 0 saturated carbocycles. The number of ether oxygens (including phenoxy) is 1. The van der Waals surface area contributed by atoms with Gasteiger partial charge in [-0.3, -0.25) is 9.89 Å². The quantitative estimate of drug-likeness (QED) is 0.343. The minimum Gasteiger partial charge on any atom is -0.379 e. The molecule has 0 amide bonds. The lowest BCUT2D eigenvalue weighted by Gasteiger charge is -2.29. The highest BCUT2D eigenvalue weighted by Gasteiger charge is 2.23. The summed E-state index contributed by atoms with van der Waals surface area (Å²) in [4.78, 5) is 9.25. The topological polar surface area (TPSA) is 52.1 Å². The van der Waals surface area contributed by atoms with Crippen LogP contribution in [0.15, 0.2) is 29.3 Å². The molecule has 0 spiro atoms. The van der Waals surface area contributed by atoms with E-state index in [9.17, 15) is 0 Å².